The summed E-state index contributed by atoms with van der Waals surface area (Å²) in [5, 5.41) is 11.1. The van der Waals surface area contributed by atoms with Crippen LogP contribution in [0, 0.1) is 0 Å². The highest BCUT2D eigenvalue weighted by molar-refractivity contribution is 6.46. The molecule has 2 aromatic carbocycles. The molecule has 0 saturated carbocycles. The maximum absolute atomic E-state index is 13.1. The van der Waals surface area contributed by atoms with Gasteiger partial charge < -0.3 is 24.4 Å². The maximum Gasteiger partial charge on any atom is 0.295 e. The Kier molecular flexibility index (Phi) is 7.53. The second-order valence-corrected chi connectivity index (χ2v) is 7.50. The molecule has 32 heavy (non-hydrogen) atoms. The Hall–Kier alpha value is -3.32. The lowest BCUT2D eigenvalue weighted by atomic mass is 9.95. The molecule has 1 aliphatic heterocycles. The van der Waals surface area contributed by atoms with Crippen LogP contribution in [0.25, 0.3) is 5.76 Å². The first-order valence-electron chi connectivity index (χ1n) is 10.7. The standard InChI is InChI=1S/C25H30N2O5/c1-5-26(6-2)14-15-27-22(18-12-13-19(31-3)20(16-18)32-4)21(24(29)25(27)30)23(28)17-10-8-7-9-11-17/h7-13,16,22,28H,5-6,14-15H2,1-4H3/b23-21+. The van der Waals surface area contributed by atoms with E-state index in [0.717, 1.165) is 13.1 Å². The van der Waals surface area contributed by atoms with Crippen LogP contribution in [0.3, 0.4) is 0 Å². The summed E-state index contributed by atoms with van der Waals surface area (Å²) >= 11 is 0. The minimum Gasteiger partial charge on any atom is -0.507 e. The van der Waals surface area contributed by atoms with Crippen LogP contribution in [-0.4, -0.2) is 67.0 Å². The predicted molar refractivity (Wildman–Crippen MR) is 123 cm³/mol. The number of aliphatic hydroxyl groups is 1. The molecule has 3 rings (SSSR count). The molecule has 170 valence electrons. The summed E-state index contributed by atoms with van der Waals surface area (Å²) in [5.74, 6) is -0.465. The highest BCUT2D eigenvalue weighted by atomic mass is 16.5. The number of carbonyl (C=O) groups is 2. The SMILES string of the molecule is CCN(CC)CCN1C(=O)C(=O)/C(=C(/O)c2ccccc2)C1c1ccc(OC)c(OC)c1. The third-order valence-corrected chi connectivity index (χ3v) is 5.86. The highest BCUT2D eigenvalue weighted by Gasteiger charge is 2.46. The average molecular weight is 439 g/mol. The molecule has 0 aromatic heterocycles. The van der Waals surface area contributed by atoms with Crippen molar-refractivity contribution in [3.8, 4) is 11.5 Å². The largest absolute Gasteiger partial charge is 0.507 e. The number of hydrogen-bond acceptors (Lipinski definition) is 6. The molecule has 1 saturated heterocycles. The van der Waals surface area contributed by atoms with Gasteiger partial charge in [-0.3, -0.25) is 9.59 Å². The molecule has 0 spiro atoms. The fourth-order valence-corrected chi connectivity index (χ4v) is 4.02. The summed E-state index contributed by atoms with van der Waals surface area (Å²) in [4.78, 5) is 29.9. The Labute approximate surface area is 188 Å². The maximum atomic E-state index is 13.1. The van der Waals surface area contributed by atoms with Gasteiger partial charge in [-0.15, -0.1) is 0 Å². The molecule has 7 heteroatoms. The van der Waals surface area contributed by atoms with E-state index in [1.807, 2.05) is 6.07 Å². The van der Waals surface area contributed by atoms with Crippen LogP contribution in [-0.2, 0) is 9.59 Å². The second kappa shape index (κ2) is 10.3. The summed E-state index contributed by atoms with van der Waals surface area (Å²) in [5.41, 5.74) is 1.23. The van der Waals surface area contributed by atoms with Gasteiger partial charge in [0.15, 0.2) is 11.5 Å². The summed E-state index contributed by atoms with van der Waals surface area (Å²) in [7, 11) is 3.08. The minimum absolute atomic E-state index is 0.0768. The number of nitrogens with zero attached hydrogens (tertiary/aromatic N) is 2. The number of rotatable bonds is 9. The number of carbonyl (C=O) groups excluding carboxylic acids is 2. The molecule has 1 heterocycles. The van der Waals surface area contributed by atoms with E-state index in [-0.39, 0.29) is 11.3 Å². The van der Waals surface area contributed by atoms with E-state index in [1.165, 1.54) is 12.0 Å². The zero-order valence-corrected chi connectivity index (χ0v) is 19.0. The monoisotopic (exact) mass is 438 g/mol. The van der Waals surface area contributed by atoms with Gasteiger partial charge in [0.05, 0.1) is 25.8 Å². The second-order valence-electron chi connectivity index (χ2n) is 7.50. The van der Waals surface area contributed by atoms with Gasteiger partial charge in [-0.1, -0.05) is 50.2 Å². The molecule has 2 aromatic rings. The van der Waals surface area contributed by atoms with Crippen molar-refractivity contribution in [1.82, 2.24) is 9.80 Å². The number of hydrogen-bond donors (Lipinski definition) is 1. The van der Waals surface area contributed by atoms with Gasteiger partial charge in [-0.05, 0) is 30.8 Å². The lowest BCUT2D eigenvalue weighted by molar-refractivity contribution is -0.140. The van der Waals surface area contributed by atoms with E-state index >= 15 is 0 Å². The third-order valence-electron chi connectivity index (χ3n) is 5.86. The summed E-state index contributed by atoms with van der Waals surface area (Å²) < 4.78 is 10.8. The van der Waals surface area contributed by atoms with E-state index in [1.54, 1.807) is 49.6 Å². The molecule has 7 nitrogen and oxygen atoms in total. The fraction of sp³-hybridized carbons (Fsp3) is 0.360. The van der Waals surface area contributed by atoms with E-state index in [0.29, 0.717) is 35.7 Å². The molecule has 1 atom stereocenters. The van der Waals surface area contributed by atoms with Crippen molar-refractivity contribution < 1.29 is 24.2 Å². The number of ketones is 1. The number of amides is 1. The van der Waals surface area contributed by atoms with Gasteiger partial charge in [-0.2, -0.15) is 0 Å². The van der Waals surface area contributed by atoms with E-state index in [2.05, 4.69) is 18.7 Å². The smallest absolute Gasteiger partial charge is 0.295 e. The van der Waals surface area contributed by atoms with Gasteiger partial charge >= 0.3 is 0 Å². The Morgan fingerprint density at radius 2 is 1.66 bits per heavy atom. The van der Waals surface area contributed by atoms with Crippen molar-refractivity contribution in [1.29, 1.82) is 0 Å². The molecular weight excluding hydrogens is 408 g/mol. The van der Waals surface area contributed by atoms with Crippen molar-refractivity contribution in [2.24, 2.45) is 0 Å². The molecule has 0 bridgehead atoms. The molecule has 1 fully saturated rings. The number of methoxy groups -OCH3 is 2. The van der Waals surface area contributed by atoms with Crippen molar-refractivity contribution in [3.05, 3.63) is 65.2 Å². The van der Waals surface area contributed by atoms with Crippen LogP contribution in [0.2, 0.25) is 0 Å². The molecule has 1 amide bonds. The Balaban J connectivity index is 2.13. The van der Waals surface area contributed by atoms with Crippen LogP contribution in [0.1, 0.15) is 31.0 Å². The zero-order chi connectivity index (χ0) is 23.3. The van der Waals surface area contributed by atoms with E-state index in [9.17, 15) is 14.7 Å². The van der Waals surface area contributed by atoms with Crippen molar-refractivity contribution in [2.45, 2.75) is 19.9 Å². The number of likely N-dealkylation sites (tertiary alicyclic amines) is 1. The number of Topliss-reactive ketones (excluding diaryl/α,β-unsaturated/α-hetero) is 1. The first-order valence-corrected chi connectivity index (χ1v) is 10.7. The molecule has 0 radical (unpaired) electrons. The number of ether oxygens (including phenoxy) is 2. The fourth-order valence-electron chi connectivity index (χ4n) is 4.02. The van der Waals surface area contributed by atoms with E-state index < -0.39 is 17.7 Å². The van der Waals surface area contributed by atoms with Gasteiger partial charge in [-0.25, -0.2) is 0 Å². The molecular formula is C25H30N2O5. The summed E-state index contributed by atoms with van der Waals surface area (Å²) in [6.07, 6.45) is 0. The Morgan fingerprint density at radius 1 is 1.00 bits per heavy atom. The van der Waals surface area contributed by atoms with E-state index in [4.69, 9.17) is 9.47 Å². The summed E-state index contributed by atoms with van der Waals surface area (Å²) in [6, 6.07) is 13.3. The predicted octanol–water partition coefficient (Wildman–Crippen LogP) is 3.47. The van der Waals surface area contributed by atoms with Gasteiger partial charge in [0.2, 0.25) is 0 Å². The van der Waals surface area contributed by atoms with Crippen LogP contribution < -0.4 is 9.47 Å². The van der Waals surface area contributed by atoms with Gasteiger partial charge in [0.1, 0.15) is 5.76 Å². The first kappa shape index (κ1) is 23.3. The summed E-state index contributed by atoms with van der Waals surface area (Å²) in [6.45, 7) is 6.76. The lowest BCUT2D eigenvalue weighted by Crippen LogP contribution is -2.38. The lowest BCUT2D eigenvalue weighted by Gasteiger charge is -2.28. The topological polar surface area (TPSA) is 79.3 Å². The highest BCUT2D eigenvalue weighted by Crippen LogP contribution is 2.41. The third kappa shape index (κ3) is 4.48. The van der Waals surface area contributed by atoms with Crippen LogP contribution in [0.4, 0.5) is 0 Å². The van der Waals surface area contributed by atoms with Crippen molar-refractivity contribution in [3.63, 3.8) is 0 Å². The van der Waals surface area contributed by atoms with Crippen molar-refractivity contribution in [2.75, 3.05) is 40.4 Å². The molecule has 1 unspecified atom stereocenters. The van der Waals surface area contributed by atoms with Gasteiger partial charge in [0.25, 0.3) is 11.7 Å². The molecule has 1 aliphatic rings. The number of aliphatic hydroxyl groups excluding tert-OH is 1. The molecule has 0 aliphatic carbocycles. The minimum atomic E-state index is -0.731. The van der Waals surface area contributed by atoms with Crippen LogP contribution >= 0.6 is 0 Å². The van der Waals surface area contributed by atoms with Crippen LogP contribution in [0.5, 0.6) is 11.5 Å². The normalized spacial score (nSPS) is 17.8. The number of likely N-dealkylation sites (N-methyl/N-ethyl adjacent to an activating group) is 1. The van der Waals surface area contributed by atoms with Crippen LogP contribution in [0.15, 0.2) is 54.1 Å². The number of benzene rings is 2. The zero-order valence-electron chi connectivity index (χ0n) is 19.0. The molecule has 1 N–H and O–H groups in total. The quantitative estimate of drug-likeness (QED) is 0.367. The van der Waals surface area contributed by atoms with Gasteiger partial charge in [0, 0.05) is 18.7 Å². The van der Waals surface area contributed by atoms with Crippen molar-refractivity contribution >= 4 is 17.4 Å². The average Bonchev–Trinajstić information content (AvgIpc) is 3.09. The first-order chi connectivity index (χ1) is 15.5. The Morgan fingerprint density at radius 3 is 2.25 bits per heavy atom. The Bertz CT molecular complexity index is 999.